The number of thiocarbonyl (C=S) groups is 1. The van der Waals surface area contributed by atoms with Gasteiger partial charge >= 0.3 is 5.97 Å². The van der Waals surface area contributed by atoms with Gasteiger partial charge in [-0.05, 0) is 63.7 Å². The number of nitro benzene ring substituents is 1. The first kappa shape index (κ1) is 24.8. The van der Waals surface area contributed by atoms with Crippen molar-refractivity contribution in [2.24, 2.45) is 0 Å². The van der Waals surface area contributed by atoms with Crippen molar-refractivity contribution < 1.29 is 19.2 Å². The monoisotopic (exact) mass is 482 g/mol. The van der Waals surface area contributed by atoms with Gasteiger partial charge in [-0.2, -0.15) is 0 Å². The summed E-state index contributed by atoms with van der Waals surface area (Å²) in [6.07, 6.45) is 0. The lowest BCUT2D eigenvalue weighted by Gasteiger charge is -2.37. The Kier molecular flexibility index (Phi) is 7.62. The molecule has 2 aromatic rings. The fourth-order valence-corrected chi connectivity index (χ4v) is 4.22. The molecule has 0 saturated heterocycles. The van der Waals surface area contributed by atoms with Crippen LogP contribution in [0.1, 0.15) is 48.3 Å². The third-order valence-electron chi connectivity index (χ3n) is 5.55. The number of ether oxygens (including phenoxy) is 1. The van der Waals surface area contributed by atoms with Crippen LogP contribution in [0, 0.1) is 17.0 Å². The van der Waals surface area contributed by atoms with Gasteiger partial charge in [0, 0.05) is 35.1 Å². The summed E-state index contributed by atoms with van der Waals surface area (Å²) in [5.41, 5.74) is 2.83. The fourth-order valence-electron chi connectivity index (χ4n) is 3.83. The first-order chi connectivity index (χ1) is 16.2. The van der Waals surface area contributed by atoms with Gasteiger partial charge < -0.3 is 20.3 Å². The van der Waals surface area contributed by atoms with E-state index in [4.69, 9.17) is 17.0 Å². The van der Waals surface area contributed by atoms with E-state index in [0.717, 1.165) is 0 Å². The molecule has 0 radical (unpaired) electrons. The van der Waals surface area contributed by atoms with Crippen LogP contribution in [0.2, 0.25) is 0 Å². The predicted molar refractivity (Wildman–Crippen MR) is 132 cm³/mol. The van der Waals surface area contributed by atoms with E-state index in [0.29, 0.717) is 39.7 Å². The van der Waals surface area contributed by atoms with Gasteiger partial charge in [0.25, 0.3) is 11.6 Å². The summed E-state index contributed by atoms with van der Waals surface area (Å²) in [5.74, 6) is -0.929. The minimum Gasteiger partial charge on any atom is -0.463 e. The van der Waals surface area contributed by atoms with Gasteiger partial charge in [-0.25, -0.2) is 4.79 Å². The maximum absolute atomic E-state index is 12.8. The number of rotatable bonds is 7. The second-order valence-electron chi connectivity index (χ2n) is 7.68. The minimum absolute atomic E-state index is 0.124. The largest absolute Gasteiger partial charge is 0.463 e. The van der Waals surface area contributed by atoms with Gasteiger partial charge in [0.2, 0.25) is 0 Å². The molecule has 3 rings (SSSR count). The van der Waals surface area contributed by atoms with E-state index in [2.05, 4.69) is 10.6 Å². The van der Waals surface area contributed by atoms with Crippen LogP contribution in [-0.2, 0) is 9.53 Å². The Morgan fingerprint density at radius 1 is 1.21 bits per heavy atom. The molecule has 1 heterocycles. The molecule has 0 fully saturated rings. The molecule has 1 aliphatic heterocycles. The van der Waals surface area contributed by atoms with E-state index >= 15 is 0 Å². The van der Waals surface area contributed by atoms with Crippen LogP contribution in [0.25, 0.3) is 0 Å². The van der Waals surface area contributed by atoms with Gasteiger partial charge in [0.05, 0.1) is 23.1 Å². The number of esters is 1. The van der Waals surface area contributed by atoms with E-state index in [1.54, 1.807) is 32.0 Å². The molecule has 0 saturated carbocycles. The summed E-state index contributed by atoms with van der Waals surface area (Å²) < 4.78 is 5.29. The highest BCUT2D eigenvalue weighted by molar-refractivity contribution is 7.80. The van der Waals surface area contributed by atoms with Gasteiger partial charge in [-0.15, -0.1) is 0 Å². The van der Waals surface area contributed by atoms with Crippen LogP contribution in [0.5, 0.6) is 0 Å². The van der Waals surface area contributed by atoms with Crippen molar-refractivity contribution in [1.82, 2.24) is 10.2 Å². The average Bonchev–Trinajstić information content (AvgIpc) is 2.79. The average molecular weight is 483 g/mol. The number of nitrogens with zero attached hydrogens (tertiary/aromatic N) is 2. The van der Waals surface area contributed by atoms with Gasteiger partial charge in [-0.3, -0.25) is 14.9 Å². The second kappa shape index (κ2) is 10.4. The Morgan fingerprint density at radius 2 is 1.94 bits per heavy atom. The minimum atomic E-state index is -0.563. The molecule has 1 atom stereocenters. The zero-order valence-corrected chi connectivity index (χ0v) is 20.2. The quantitative estimate of drug-likeness (QED) is 0.261. The lowest BCUT2D eigenvalue weighted by Crippen LogP contribution is -2.47. The van der Waals surface area contributed by atoms with Gasteiger partial charge in [0.1, 0.15) is 0 Å². The van der Waals surface area contributed by atoms with Crippen LogP contribution in [-0.4, -0.2) is 40.0 Å². The maximum Gasteiger partial charge on any atom is 0.338 e. The topological polar surface area (TPSA) is 114 Å². The number of carbonyl (C=O) groups excluding carboxylic acids is 2. The van der Waals surface area contributed by atoms with Crippen LogP contribution in [0.4, 0.5) is 11.4 Å². The number of hydrogen-bond acceptors (Lipinski definition) is 6. The number of nitrogens with one attached hydrogen (secondary N) is 2. The van der Waals surface area contributed by atoms with Gasteiger partial charge in [-0.1, -0.05) is 18.2 Å². The summed E-state index contributed by atoms with van der Waals surface area (Å²) in [5, 5.41) is 17.7. The Hall–Kier alpha value is -3.79. The van der Waals surface area contributed by atoms with Crippen molar-refractivity contribution in [3.63, 3.8) is 0 Å². The van der Waals surface area contributed by atoms with Crippen molar-refractivity contribution in [3.05, 3.63) is 80.5 Å². The number of allylic oxidation sites excluding steroid dienone is 1. The normalized spacial score (nSPS) is 15.6. The molecule has 2 N–H and O–H groups in total. The van der Waals surface area contributed by atoms with E-state index in [1.165, 1.54) is 18.2 Å². The molecule has 0 aliphatic carbocycles. The van der Waals surface area contributed by atoms with E-state index in [1.807, 2.05) is 24.8 Å². The van der Waals surface area contributed by atoms with Crippen molar-refractivity contribution in [2.45, 2.75) is 33.7 Å². The SMILES string of the molecule is CCOC(=O)C1=C(C)N(CC)C(=S)NC1c1cccc(NC(=O)c2ccc(C)c([N+](=O)[O-])c2)c1. The Morgan fingerprint density at radius 3 is 2.59 bits per heavy atom. The predicted octanol–water partition coefficient (Wildman–Crippen LogP) is 4.24. The third-order valence-corrected chi connectivity index (χ3v) is 5.89. The van der Waals surface area contributed by atoms with Crippen LogP contribution < -0.4 is 10.6 Å². The van der Waals surface area contributed by atoms with Crippen LogP contribution in [0.15, 0.2) is 53.7 Å². The van der Waals surface area contributed by atoms with Crippen LogP contribution >= 0.6 is 12.2 Å². The molecule has 9 nitrogen and oxygen atoms in total. The number of benzene rings is 2. The number of carbonyl (C=O) groups is 2. The lowest BCUT2D eigenvalue weighted by molar-refractivity contribution is -0.385. The molecule has 0 aromatic heterocycles. The summed E-state index contributed by atoms with van der Waals surface area (Å²) in [6.45, 7) is 7.94. The first-order valence-corrected chi connectivity index (χ1v) is 11.2. The van der Waals surface area contributed by atoms with Crippen LogP contribution in [0.3, 0.4) is 0 Å². The lowest BCUT2D eigenvalue weighted by atomic mass is 9.94. The Labute approximate surface area is 202 Å². The van der Waals surface area contributed by atoms with Crippen molar-refractivity contribution in [2.75, 3.05) is 18.5 Å². The van der Waals surface area contributed by atoms with Gasteiger partial charge in [0.15, 0.2) is 5.11 Å². The molecular weight excluding hydrogens is 456 g/mol. The highest BCUT2D eigenvalue weighted by Crippen LogP contribution is 2.32. The number of anilines is 1. The molecule has 1 amide bonds. The maximum atomic E-state index is 12.8. The zero-order chi connectivity index (χ0) is 25.0. The van der Waals surface area contributed by atoms with E-state index in [9.17, 15) is 19.7 Å². The van der Waals surface area contributed by atoms with E-state index in [-0.39, 0.29) is 17.9 Å². The molecule has 34 heavy (non-hydrogen) atoms. The molecule has 0 spiro atoms. The fraction of sp³-hybridized carbons (Fsp3) is 0.292. The molecular formula is C24H26N4O5S. The molecule has 2 aromatic carbocycles. The summed E-state index contributed by atoms with van der Waals surface area (Å²) in [4.78, 5) is 38.1. The number of nitro groups is 1. The molecule has 1 unspecified atom stereocenters. The van der Waals surface area contributed by atoms with Crippen molar-refractivity contribution in [3.8, 4) is 0 Å². The summed E-state index contributed by atoms with van der Waals surface area (Å²) in [7, 11) is 0. The number of hydrogen-bond donors (Lipinski definition) is 2. The van der Waals surface area contributed by atoms with Crippen molar-refractivity contribution in [1.29, 1.82) is 0 Å². The summed E-state index contributed by atoms with van der Waals surface area (Å²) in [6, 6.07) is 10.8. The number of amides is 1. The third kappa shape index (κ3) is 5.07. The van der Waals surface area contributed by atoms with E-state index < -0.39 is 22.8 Å². The highest BCUT2D eigenvalue weighted by atomic mass is 32.1. The molecule has 0 bridgehead atoms. The number of aryl methyl sites for hydroxylation is 1. The molecule has 10 heteroatoms. The zero-order valence-electron chi connectivity index (χ0n) is 19.4. The first-order valence-electron chi connectivity index (χ1n) is 10.8. The second-order valence-corrected chi connectivity index (χ2v) is 8.07. The Balaban J connectivity index is 1.93. The summed E-state index contributed by atoms with van der Waals surface area (Å²) >= 11 is 5.50. The van der Waals surface area contributed by atoms with Crippen molar-refractivity contribution >= 4 is 40.6 Å². The Bertz CT molecular complexity index is 1190. The standard InChI is InChI=1S/C24H26N4O5S/c1-5-27-15(4)20(23(30)33-6-2)21(26-24(27)34)16-8-7-9-18(12-16)25-22(29)17-11-10-14(3)19(13-17)28(31)32/h7-13,21H,5-6H2,1-4H3,(H,25,29)(H,26,34). The molecule has 178 valence electrons. The molecule has 1 aliphatic rings. The highest BCUT2D eigenvalue weighted by Gasteiger charge is 2.34. The smallest absolute Gasteiger partial charge is 0.338 e.